The second-order valence-corrected chi connectivity index (χ2v) is 4.21. The van der Waals surface area contributed by atoms with Gasteiger partial charge in [0.25, 0.3) is 0 Å². The van der Waals surface area contributed by atoms with Crippen molar-refractivity contribution in [2.75, 3.05) is 0 Å². The molecule has 0 spiro atoms. The average Bonchev–Trinajstić information content (AvgIpc) is 1.92. The molecule has 64 valence electrons. The molecule has 0 N–H and O–H groups in total. The van der Waals surface area contributed by atoms with Crippen LogP contribution in [0.2, 0.25) is 0 Å². The Morgan fingerprint density at radius 3 is 2.33 bits per heavy atom. The van der Waals surface area contributed by atoms with Crippen LogP contribution >= 0.6 is 0 Å². The first-order chi connectivity index (χ1) is 5.41. The minimum atomic E-state index is -0.148. The van der Waals surface area contributed by atoms with Gasteiger partial charge < -0.3 is 0 Å². The Kier molecular flexibility index (Phi) is 2.27. The molecule has 12 heavy (non-hydrogen) atoms. The lowest BCUT2D eigenvalue weighted by Gasteiger charge is -2.21. The van der Waals surface area contributed by atoms with Gasteiger partial charge in [0, 0.05) is 0 Å². The lowest BCUT2D eigenvalue weighted by molar-refractivity contribution is 0.618. The second kappa shape index (κ2) is 2.93. The molecule has 0 fully saturated rings. The van der Waals surface area contributed by atoms with Gasteiger partial charge in [0.05, 0.1) is 0 Å². The molecule has 0 nitrogen and oxygen atoms in total. The SMILES string of the molecule is BC(C)(C)c1cc(F)ccc1C. The third kappa shape index (κ3) is 1.87. The maximum atomic E-state index is 12.9. The van der Waals surface area contributed by atoms with Crippen LogP contribution in [0.3, 0.4) is 0 Å². The van der Waals surface area contributed by atoms with E-state index < -0.39 is 0 Å². The molecule has 0 atom stereocenters. The van der Waals surface area contributed by atoms with E-state index >= 15 is 0 Å². The zero-order valence-corrected chi connectivity index (χ0v) is 8.11. The molecule has 0 aliphatic heterocycles. The Morgan fingerprint density at radius 1 is 1.33 bits per heavy atom. The van der Waals surface area contributed by atoms with Crippen molar-refractivity contribution in [2.45, 2.75) is 26.1 Å². The fraction of sp³-hybridized carbons (Fsp3) is 0.400. The quantitative estimate of drug-likeness (QED) is 0.557. The van der Waals surface area contributed by atoms with Gasteiger partial charge in [-0.25, -0.2) is 4.39 Å². The van der Waals surface area contributed by atoms with Gasteiger partial charge in [0.15, 0.2) is 0 Å². The summed E-state index contributed by atoms with van der Waals surface area (Å²) < 4.78 is 12.9. The van der Waals surface area contributed by atoms with Crippen molar-refractivity contribution in [2.24, 2.45) is 0 Å². The summed E-state index contributed by atoms with van der Waals surface area (Å²) in [6.07, 6.45) is 0. The van der Waals surface area contributed by atoms with Gasteiger partial charge in [0.1, 0.15) is 13.7 Å². The van der Waals surface area contributed by atoms with Crippen molar-refractivity contribution >= 4 is 7.85 Å². The van der Waals surface area contributed by atoms with E-state index in [1.54, 1.807) is 6.07 Å². The number of hydrogen-bond donors (Lipinski definition) is 0. The molecule has 1 rings (SSSR count). The highest BCUT2D eigenvalue weighted by atomic mass is 19.1. The summed E-state index contributed by atoms with van der Waals surface area (Å²) >= 11 is 0. The van der Waals surface area contributed by atoms with E-state index in [1.165, 1.54) is 6.07 Å². The van der Waals surface area contributed by atoms with Crippen molar-refractivity contribution < 1.29 is 4.39 Å². The minimum Gasteiger partial charge on any atom is -0.207 e. The highest BCUT2D eigenvalue weighted by Crippen LogP contribution is 2.23. The van der Waals surface area contributed by atoms with Gasteiger partial charge in [-0.3, -0.25) is 0 Å². The normalized spacial score (nSPS) is 11.7. The summed E-state index contributed by atoms with van der Waals surface area (Å²) in [6, 6.07) is 4.95. The van der Waals surface area contributed by atoms with E-state index in [-0.39, 0.29) is 11.1 Å². The molecule has 0 saturated heterocycles. The molecule has 0 aliphatic carbocycles. The van der Waals surface area contributed by atoms with E-state index in [1.807, 2.05) is 13.0 Å². The molecule has 0 heterocycles. The molecular formula is C10H14BF. The maximum Gasteiger partial charge on any atom is 0.123 e. The van der Waals surface area contributed by atoms with Gasteiger partial charge in [-0.15, -0.1) is 0 Å². The highest BCUT2D eigenvalue weighted by molar-refractivity contribution is 6.15. The van der Waals surface area contributed by atoms with E-state index in [0.29, 0.717) is 0 Å². The molecule has 1 aromatic carbocycles. The van der Waals surface area contributed by atoms with Gasteiger partial charge in [0.2, 0.25) is 0 Å². The predicted molar refractivity (Wildman–Crippen MR) is 52.7 cm³/mol. The van der Waals surface area contributed by atoms with Crippen LogP contribution in [0.15, 0.2) is 18.2 Å². The smallest absolute Gasteiger partial charge is 0.123 e. The number of aryl methyl sites for hydroxylation is 1. The summed E-state index contributed by atoms with van der Waals surface area (Å²) in [4.78, 5) is 0. The van der Waals surface area contributed by atoms with E-state index in [4.69, 9.17) is 0 Å². The molecule has 0 amide bonds. The third-order valence-corrected chi connectivity index (χ3v) is 2.01. The van der Waals surface area contributed by atoms with E-state index in [9.17, 15) is 4.39 Å². The largest absolute Gasteiger partial charge is 0.207 e. The monoisotopic (exact) mass is 164 g/mol. The van der Waals surface area contributed by atoms with Crippen LogP contribution in [0.25, 0.3) is 0 Å². The van der Waals surface area contributed by atoms with Gasteiger partial charge >= 0.3 is 0 Å². The molecule has 1 aromatic rings. The summed E-state index contributed by atoms with van der Waals surface area (Å²) in [7, 11) is 2.09. The zero-order chi connectivity index (χ0) is 9.35. The van der Waals surface area contributed by atoms with Crippen molar-refractivity contribution in [3.8, 4) is 0 Å². The lowest BCUT2D eigenvalue weighted by atomic mass is 9.66. The van der Waals surface area contributed by atoms with Gasteiger partial charge in [-0.1, -0.05) is 19.9 Å². The summed E-state index contributed by atoms with van der Waals surface area (Å²) in [5.41, 5.74) is 2.24. The molecule has 0 saturated carbocycles. The average molecular weight is 164 g/mol. The number of hydrogen-bond acceptors (Lipinski definition) is 0. The fourth-order valence-corrected chi connectivity index (χ4v) is 1.40. The Labute approximate surface area is 74.2 Å². The topological polar surface area (TPSA) is 0 Å². The summed E-state index contributed by atoms with van der Waals surface area (Å²) in [5, 5.41) is 0.0339. The first-order valence-electron chi connectivity index (χ1n) is 4.18. The van der Waals surface area contributed by atoms with Crippen LogP contribution in [0.4, 0.5) is 4.39 Å². The van der Waals surface area contributed by atoms with Crippen molar-refractivity contribution in [1.82, 2.24) is 0 Å². The van der Waals surface area contributed by atoms with Gasteiger partial charge in [-0.2, -0.15) is 0 Å². The minimum absolute atomic E-state index is 0.0339. The zero-order valence-electron chi connectivity index (χ0n) is 8.11. The first kappa shape index (κ1) is 9.30. The van der Waals surface area contributed by atoms with Gasteiger partial charge in [-0.05, 0) is 35.5 Å². The van der Waals surface area contributed by atoms with Crippen molar-refractivity contribution in [3.05, 3.63) is 35.1 Å². The fourth-order valence-electron chi connectivity index (χ4n) is 1.40. The second-order valence-electron chi connectivity index (χ2n) is 4.21. The van der Waals surface area contributed by atoms with E-state index in [0.717, 1.165) is 11.1 Å². The Balaban J connectivity index is 3.23. The Bertz CT molecular complexity index is 286. The molecule has 0 radical (unpaired) electrons. The van der Waals surface area contributed by atoms with Crippen LogP contribution in [0.5, 0.6) is 0 Å². The van der Waals surface area contributed by atoms with Crippen LogP contribution in [-0.4, -0.2) is 7.85 Å². The number of benzene rings is 1. The van der Waals surface area contributed by atoms with Crippen molar-refractivity contribution in [3.63, 3.8) is 0 Å². The molecule has 0 aliphatic rings. The molecule has 0 bridgehead atoms. The molecule has 0 aromatic heterocycles. The lowest BCUT2D eigenvalue weighted by Crippen LogP contribution is -2.18. The highest BCUT2D eigenvalue weighted by Gasteiger charge is 2.16. The summed E-state index contributed by atoms with van der Waals surface area (Å²) in [6.45, 7) is 6.20. The van der Waals surface area contributed by atoms with Crippen LogP contribution in [0, 0.1) is 12.7 Å². The van der Waals surface area contributed by atoms with Crippen molar-refractivity contribution in [1.29, 1.82) is 0 Å². The first-order valence-corrected chi connectivity index (χ1v) is 4.18. The number of halogens is 1. The Hall–Kier alpha value is -0.785. The standard InChI is InChI=1S/C10H14BF/c1-7-4-5-8(12)6-9(7)10(2,3)11/h4-6H,11H2,1-3H3. The molecule has 2 heteroatoms. The van der Waals surface area contributed by atoms with E-state index in [2.05, 4.69) is 21.7 Å². The molecular weight excluding hydrogens is 150 g/mol. The van der Waals surface area contributed by atoms with Crippen LogP contribution in [-0.2, 0) is 5.31 Å². The number of rotatable bonds is 1. The van der Waals surface area contributed by atoms with Crippen LogP contribution in [0.1, 0.15) is 25.0 Å². The van der Waals surface area contributed by atoms with Crippen LogP contribution < -0.4 is 0 Å². The third-order valence-electron chi connectivity index (χ3n) is 2.01. The predicted octanol–water partition coefficient (Wildman–Crippen LogP) is 2.00. The summed E-state index contributed by atoms with van der Waals surface area (Å²) in [5.74, 6) is -0.148. The maximum absolute atomic E-state index is 12.9. The molecule has 0 unspecified atom stereocenters. The Morgan fingerprint density at radius 2 is 1.92 bits per heavy atom.